The van der Waals surface area contributed by atoms with E-state index >= 15 is 0 Å². The van der Waals surface area contributed by atoms with Gasteiger partial charge in [0, 0.05) is 22.1 Å². The fourth-order valence-corrected chi connectivity index (χ4v) is 7.32. The third kappa shape index (κ3) is 8.07. The highest BCUT2D eigenvalue weighted by Gasteiger charge is 2.34. The topological polar surface area (TPSA) is 86.8 Å². The summed E-state index contributed by atoms with van der Waals surface area (Å²) in [4.78, 5) is 29.0. The van der Waals surface area contributed by atoms with Gasteiger partial charge in [0.15, 0.2) is 0 Å². The van der Waals surface area contributed by atoms with Gasteiger partial charge in [-0.1, -0.05) is 88.2 Å². The van der Waals surface area contributed by atoms with Gasteiger partial charge in [-0.2, -0.15) is 0 Å². The first-order valence-electron chi connectivity index (χ1n) is 13.8. The first kappa shape index (κ1) is 32.3. The number of nitrogens with one attached hydrogen (secondary N) is 1. The Morgan fingerprint density at radius 1 is 1.00 bits per heavy atom. The summed E-state index contributed by atoms with van der Waals surface area (Å²) in [5.74, 6) is -0.841. The van der Waals surface area contributed by atoms with E-state index in [1.807, 2.05) is 31.2 Å². The third-order valence-electron chi connectivity index (χ3n) is 7.43. The van der Waals surface area contributed by atoms with Crippen LogP contribution in [-0.4, -0.2) is 43.8 Å². The molecule has 1 aliphatic carbocycles. The lowest BCUT2D eigenvalue weighted by Gasteiger charge is -2.33. The van der Waals surface area contributed by atoms with Gasteiger partial charge >= 0.3 is 0 Å². The normalized spacial score (nSPS) is 14.7. The SMILES string of the molecule is Cc1ccc(S(=O)(=O)N(CC(=O)N(Cc2cccc(Br)c2)[C@H](C)C(=O)NC2CCCCC2)c2cc(Cl)ccc2Cl)cc1. The minimum absolute atomic E-state index is 0.00132. The summed E-state index contributed by atoms with van der Waals surface area (Å²) in [7, 11) is -4.25. The van der Waals surface area contributed by atoms with Crippen molar-refractivity contribution < 1.29 is 18.0 Å². The molecule has 3 aromatic carbocycles. The maximum atomic E-state index is 14.1. The number of nitrogens with zero attached hydrogens (tertiary/aromatic N) is 2. The number of aryl methyl sites for hydroxylation is 1. The minimum atomic E-state index is -4.25. The number of benzene rings is 3. The van der Waals surface area contributed by atoms with Crippen LogP contribution in [0.25, 0.3) is 0 Å². The van der Waals surface area contributed by atoms with Crippen LogP contribution in [0, 0.1) is 6.92 Å². The quantitative estimate of drug-likeness (QED) is 0.245. The molecule has 1 atom stereocenters. The Kier molecular flexibility index (Phi) is 11.0. The summed E-state index contributed by atoms with van der Waals surface area (Å²) in [5, 5.41) is 3.48. The van der Waals surface area contributed by atoms with Gasteiger partial charge in [-0.15, -0.1) is 0 Å². The number of hydrogen-bond acceptors (Lipinski definition) is 4. The first-order valence-corrected chi connectivity index (χ1v) is 16.8. The van der Waals surface area contributed by atoms with Crippen molar-refractivity contribution in [2.45, 2.75) is 69.5 Å². The zero-order valence-corrected chi connectivity index (χ0v) is 27.4. The lowest BCUT2D eigenvalue weighted by Crippen LogP contribution is -2.53. The van der Waals surface area contributed by atoms with Crippen molar-refractivity contribution >= 4 is 66.7 Å². The highest BCUT2D eigenvalue weighted by molar-refractivity contribution is 9.10. The maximum Gasteiger partial charge on any atom is 0.264 e. The lowest BCUT2D eigenvalue weighted by atomic mass is 9.95. The molecule has 0 aliphatic heterocycles. The Bertz CT molecular complexity index is 1530. The van der Waals surface area contributed by atoms with Gasteiger partial charge in [0.2, 0.25) is 11.8 Å². The Hall–Kier alpha value is -2.59. The molecule has 4 rings (SSSR count). The number of amides is 2. The van der Waals surface area contributed by atoms with E-state index in [9.17, 15) is 18.0 Å². The van der Waals surface area contributed by atoms with E-state index in [0.717, 1.165) is 52.0 Å². The molecule has 11 heteroatoms. The second-order valence-electron chi connectivity index (χ2n) is 10.6. The van der Waals surface area contributed by atoms with Crippen molar-refractivity contribution in [3.63, 3.8) is 0 Å². The zero-order chi connectivity index (χ0) is 30.4. The lowest BCUT2D eigenvalue weighted by molar-refractivity contribution is -0.139. The number of halogens is 3. The molecule has 0 radical (unpaired) electrons. The molecule has 0 heterocycles. The summed E-state index contributed by atoms with van der Waals surface area (Å²) in [6.45, 7) is 3.02. The van der Waals surface area contributed by atoms with Crippen LogP contribution in [0.5, 0.6) is 0 Å². The van der Waals surface area contributed by atoms with Crippen LogP contribution in [0.3, 0.4) is 0 Å². The summed E-state index contributed by atoms with van der Waals surface area (Å²) in [5.41, 5.74) is 1.74. The molecule has 0 bridgehead atoms. The highest BCUT2D eigenvalue weighted by atomic mass is 79.9. The molecule has 3 aromatic rings. The van der Waals surface area contributed by atoms with Gasteiger partial charge in [-0.05, 0) is 74.7 Å². The van der Waals surface area contributed by atoms with E-state index < -0.39 is 28.5 Å². The molecule has 1 aliphatic rings. The molecule has 1 saturated carbocycles. The van der Waals surface area contributed by atoms with Crippen molar-refractivity contribution in [1.29, 1.82) is 0 Å². The van der Waals surface area contributed by atoms with Crippen molar-refractivity contribution in [2.24, 2.45) is 0 Å². The molecule has 0 saturated heterocycles. The fraction of sp³-hybridized carbons (Fsp3) is 0.355. The Labute approximate surface area is 266 Å². The average Bonchev–Trinajstić information content (AvgIpc) is 2.96. The van der Waals surface area contributed by atoms with Crippen LogP contribution < -0.4 is 9.62 Å². The van der Waals surface area contributed by atoms with E-state index in [1.54, 1.807) is 25.1 Å². The number of carbonyl (C=O) groups excluding carboxylic acids is 2. The number of rotatable bonds is 10. The van der Waals surface area contributed by atoms with Crippen LogP contribution in [0.2, 0.25) is 10.0 Å². The van der Waals surface area contributed by atoms with Crippen LogP contribution >= 0.6 is 39.1 Å². The third-order valence-corrected chi connectivity index (χ3v) is 10.2. The van der Waals surface area contributed by atoms with Crippen LogP contribution in [0.1, 0.15) is 50.2 Å². The Morgan fingerprint density at radius 2 is 1.69 bits per heavy atom. The van der Waals surface area contributed by atoms with Gasteiger partial charge in [0.1, 0.15) is 12.6 Å². The summed E-state index contributed by atoms with van der Waals surface area (Å²) in [6, 6.07) is 17.4. The monoisotopic (exact) mass is 693 g/mol. The molecule has 2 amide bonds. The standard InChI is InChI=1S/C31H34BrCl2N3O4S/c1-21-11-14-27(15-12-21)42(40,41)37(29-18-25(33)13-16-28(29)34)20-30(38)36(19-23-7-6-8-24(32)17-23)22(2)31(39)35-26-9-4-3-5-10-26/h6-8,11-18,22,26H,3-5,9-10,19-20H2,1-2H3,(H,35,39)/t22-/m1/s1. The van der Waals surface area contributed by atoms with E-state index in [4.69, 9.17) is 23.2 Å². The molecule has 0 spiro atoms. The molecule has 1 fully saturated rings. The predicted molar refractivity (Wildman–Crippen MR) is 171 cm³/mol. The molecule has 0 unspecified atom stereocenters. The largest absolute Gasteiger partial charge is 0.352 e. The number of carbonyl (C=O) groups is 2. The van der Waals surface area contributed by atoms with E-state index in [2.05, 4.69) is 21.2 Å². The first-order chi connectivity index (χ1) is 20.0. The second kappa shape index (κ2) is 14.3. The molecule has 224 valence electrons. The highest BCUT2D eigenvalue weighted by Crippen LogP contribution is 2.33. The molecular weight excluding hydrogens is 661 g/mol. The Morgan fingerprint density at radius 3 is 2.36 bits per heavy atom. The smallest absolute Gasteiger partial charge is 0.264 e. The van der Waals surface area contributed by atoms with E-state index in [0.29, 0.717) is 0 Å². The maximum absolute atomic E-state index is 14.1. The number of hydrogen-bond donors (Lipinski definition) is 1. The number of sulfonamides is 1. The summed E-state index contributed by atoms with van der Waals surface area (Å²) >= 11 is 16.2. The van der Waals surface area contributed by atoms with Gasteiger partial charge < -0.3 is 10.2 Å². The van der Waals surface area contributed by atoms with Gasteiger partial charge in [0.25, 0.3) is 10.0 Å². The van der Waals surface area contributed by atoms with Crippen molar-refractivity contribution in [1.82, 2.24) is 10.2 Å². The minimum Gasteiger partial charge on any atom is -0.352 e. The van der Waals surface area contributed by atoms with Crippen LogP contribution in [0.15, 0.2) is 76.1 Å². The zero-order valence-electron chi connectivity index (χ0n) is 23.5. The van der Waals surface area contributed by atoms with Crippen molar-refractivity contribution in [2.75, 3.05) is 10.8 Å². The molecule has 1 N–H and O–H groups in total. The van der Waals surface area contributed by atoms with E-state index in [-0.39, 0.29) is 39.1 Å². The fourth-order valence-electron chi connectivity index (χ4n) is 5.01. The van der Waals surface area contributed by atoms with E-state index in [1.165, 1.54) is 29.2 Å². The summed E-state index contributed by atoms with van der Waals surface area (Å²) < 4.78 is 29.8. The average molecular weight is 696 g/mol. The van der Waals surface area contributed by atoms with Crippen LogP contribution in [0.4, 0.5) is 5.69 Å². The molecular formula is C31H34BrCl2N3O4S. The second-order valence-corrected chi connectivity index (χ2v) is 14.2. The Balaban J connectivity index is 1.71. The van der Waals surface area contributed by atoms with Crippen LogP contribution in [-0.2, 0) is 26.2 Å². The molecule has 7 nitrogen and oxygen atoms in total. The van der Waals surface area contributed by atoms with Gasteiger partial charge in [-0.25, -0.2) is 8.42 Å². The molecule has 42 heavy (non-hydrogen) atoms. The molecule has 0 aromatic heterocycles. The van der Waals surface area contributed by atoms with Crippen molar-refractivity contribution in [3.05, 3.63) is 92.4 Å². The number of anilines is 1. The van der Waals surface area contributed by atoms with Gasteiger partial charge in [0.05, 0.1) is 15.6 Å². The van der Waals surface area contributed by atoms with Crippen molar-refractivity contribution in [3.8, 4) is 0 Å². The van der Waals surface area contributed by atoms with Gasteiger partial charge in [-0.3, -0.25) is 13.9 Å². The predicted octanol–water partition coefficient (Wildman–Crippen LogP) is 7.13. The summed E-state index contributed by atoms with van der Waals surface area (Å²) in [6.07, 6.45) is 5.03.